The van der Waals surface area contributed by atoms with Gasteiger partial charge in [-0.3, -0.25) is 0 Å². The van der Waals surface area contributed by atoms with Crippen LogP contribution in [-0.4, -0.2) is 12.6 Å². The third-order valence-electron chi connectivity index (χ3n) is 3.15. The summed E-state index contributed by atoms with van der Waals surface area (Å²) in [7, 11) is 0. The van der Waals surface area contributed by atoms with Gasteiger partial charge < -0.3 is 5.32 Å². The van der Waals surface area contributed by atoms with Gasteiger partial charge in [-0.2, -0.15) is 0 Å². The Morgan fingerprint density at radius 1 is 1.15 bits per heavy atom. The Hall–Kier alpha value is -0.900. The average molecular weight is 312 g/mol. The molecule has 108 valence electrons. The molecule has 20 heavy (non-hydrogen) atoms. The van der Waals surface area contributed by atoms with E-state index in [1.807, 2.05) is 18.2 Å². The van der Waals surface area contributed by atoms with Gasteiger partial charge in [-0.25, -0.2) is 4.39 Å². The molecule has 2 aromatic rings. The van der Waals surface area contributed by atoms with E-state index in [0.717, 1.165) is 35.7 Å². The number of halogens is 2. The van der Waals surface area contributed by atoms with E-state index in [0.29, 0.717) is 6.04 Å². The molecule has 1 aromatic carbocycles. The van der Waals surface area contributed by atoms with E-state index in [1.54, 1.807) is 11.3 Å². The van der Waals surface area contributed by atoms with E-state index in [1.165, 1.54) is 17.0 Å². The zero-order chi connectivity index (χ0) is 14.4. The molecule has 2 rings (SSSR count). The minimum Gasteiger partial charge on any atom is -0.313 e. The Labute approximate surface area is 128 Å². The second-order valence-electron chi connectivity index (χ2n) is 4.89. The van der Waals surface area contributed by atoms with Crippen molar-refractivity contribution in [2.75, 3.05) is 6.54 Å². The van der Waals surface area contributed by atoms with Gasteiger partial charge in [-0.05, 0) is 55.6 Å². The highest BCUT2D eigenvalue weighted by Gasteiger charge is 2.11. The van der Waals surface area contributed by atoms with E-state index < -0.39 is 0 Å². The summed E-state index contributed by atoms with van der Waals surface area (Å²) in [4.78, 5) is 1.28. The quantitative estimate of drug-likeness (QED) is 0.782. The van der Waals surface area contributed by atoms with Crippen molar-refractivity contribution in [3.63, 3.8) is 0 Å². The zero-order valence-corrected chi connectivity index (χ0v) is 13.1. The second kappa shape index (κ2) is 7.77. The van der Waals surface area contributed by atoms with Gasteiger partial charge in [0.2, 0.25) is 0 Å². The SMILES string of the molecule is CCCNC(Cc1ccc(F)cc1)Cc1ccc(Cl)s1. The molecule has 1 aromatic heterocycles. The molecular weight excluding hydrogens is 293 g/mol. The zero-order valence-electron chi connectivity index (χ0n) is 11.5. The molecule has 0 bridgehead atoms. The number of benzene rings is 1. The topological polar surface area (TPSA) is 12.0 Å². The van der Waals surface area contributed by atoms with Crippen molar-refractivity contribution >= 4 is 22.9 Å². The second-order valence-corrected chi connectivity index (χ2v) is 6.69. The monoisotopic (exact) mass is 311 g/mol. The van der Waals surface area contributed by atoms with Gasteiger partial charge in [0.05, 0.1) is 4.34 Å². The number of thiophene rings is 1. The van der Waals surface area contributed by atoms with Gasteiger partial charge in [-0.1, -0.05) is 30.7 Å². The molecule has 0 saturated heterocycles. The summed E-state index contributed by atoms with van der Waals surface area (Å²) in [6, 6.07) is 11.1. The fourth-order valence-electron chi connectivity index (χ4n) is 2.17. The molecule has 0 aliphatic carbocycles. The standard InChI is InChI=1S/C16H19ClFNS/c1-2-9-19-14(11-15-7-8-16(17)20-15)10-12-3-5-13(18)6-4-12/h3-8,14,19H,2,9-11H2,1H3. The van der Waals surface area contributed by atoms with Gasteiger partial charge in [0.25, 0.3) is 0 Å². The molecule has 0 spiro atoms. The highest BCUT2D eigenvalue weighted by molar-refractivity contribution is 7.16. The summed E-state index contributed by atoms with van der Waals surface area (Å²) in [6.07, 6.45) is 2.95. The molecule has 0 aliphatic rings. The third kappa shape index (κ3) is 4.89. The van der Waals surface area contributed by atoms with Gasteiger partial charge in [0.1, 0.15) is 5.82 Å². The highest BCUT2D eigenvalue weighted by atomic mass is 35.5. The first-order valence-electron chi connectivity index (χ1n) is 6.89. The molecule has 0 saturated carbocycles. The van der Waals surface area contributed by atoms with Crippen LogP contribution in [0.25, 0.3) is 0 Å². The minimum atomic E-state index is -0.183. The van der Waals surface area contributed by atoms with Crippen LogP contribution in [0.1, 0.15) is 23.8 Å². The normalized spacial score (nSPS) is 12.6. The smallest absolute Gasteiger partial charge is 0.123 e. The van der Waals surface area contributed by atoms with Crippen LogP contribution in [0.3, 0.4) is 0 Å². The molecule has 0 aliphatic heterocycles. The number of nitrogens with one attached hydrogen (secondary N) is 1. The van der Waals surface area contributed by atoms with Crippen LogP contribution in [0.4, 0.5) is 4.39 Å². The van der Waals surface area contributed by atoms with E-state index in [-0.39, 0.29) is 5.82 Å². The molecule has 0 fully saturated rings. The van der Waals surface area contributed by atoms with E-state index in [9.17, 15) is 4.39 Å². The Balaban J connectivity index is 2.00. The Kier molecular flexibility index (Phi) is 6.02. The van der Waals surface area contributed by atoms with Crippen molar-refractivity contribution in [3.8, 4) is 0 Å². The molecule has 1 nitrogen and oxygen atoms in total. The molecule has 1 N–H and O–H groups in total. The van der Waals surface area contributed by atoms with Crippen molar-refractivity contribution in [2.24, 2.45) is 0 Å². The lowest BCUT2D eigenvalue weighted by Gasteiger charge is -2.18. The minimum absolute atomic E-state index is 0.183. The largest absolute Gasteiger partial charge is 0.313 e. The van der Waals surface area contributed by atoms with Crippen LogP contribution < -0.4 is 5.32 Å². The van der Waals surface area contributed by atoms with Gasteiger partial charge >= 0.3 is 0 Å². The van der Waals surface area contributed by atoms with E-state index >= 15 is 0 Å². The molecule has 0 radical (unpaired) electrons. The van der Waals surface area contributed by atoms with Crippen LogP contribution in [-0.2, 0) is 12.8 Å². The first-order chi connectivity index (χ1) is 9.67. The van der Waals surface area contributed by atoms with E-state index in [4.69, 9.17) is 11.6 Å². The summed E-state index contributed by atoms with van der Waals surface area (Å²) in [6.45, 7) is 3.15. The molecule has 4 heteroatoms. The average Bonchev–Trinajstić information content (AvgIpc) is 2.84. The van der Waals surface area contributed by atoms with Crippen LogP contribution in [0.2, 0.25) is 4.34 Å². The summed E-state index contributed by atoms with van der Waals surface area (Å²) in [5.74, 6) is -0.183. The molecule has 1 atom stereocenters. The van der Waals surface area contributed by atoms with Gasteiger partial charge in [-0.15, -0.1) is 11.3 Å². The Morgan fingerprint density at radius 3 is 2.50 bits per heavy atom. The molecule has 1 unspecified atom stereocenters. The van der Waals surface area contributed by atoms with Crippen molar-refractivity contribution in [3.05, 3.63) is 57.0 Å². The predicted octanol–water partition coefficient (Wildman–Crippen LogP) is 4.69. The summed E-state index contributed by atoms with van der Waals surface area (Å²) >= 11 is 7.61. The lowest BCUT2D eigenvalue weighted by Crippen LogP contribution is -2.33. The molecular formula is C16H19ClFNS. The number of hydrogen-bond acceptors (Lipinski definition) is 2. The predicted molar refractivity (Wildman–Crippen MR) is 85.2 cm³/mol. The van der Waals surface area contributed by atoms with Crippen LogP contribution in [0.15, 0.2) is 36.4 Å². The fraction of sp³-hybridized carbons (Fsp3) is 0.375. The van der Waals surface area contributed by atoms with Crippen molar-refractivity contribution in [1.29, 1.82) is 0 Å². The lowest BCUT2D eigenvalue weighted by molar-refractivity contribution is 0.507. The van der Waals surface area contributed by atoms with Crippen LogP contribution >= 0.6 is 22.9 Å². The summed E-state index contributed by atoms with van der Waals surface area (Å²) in [5, 5.41) is 3.56. The van der Waals surface area contributed by atoms with Crippen LogP contribution in [0.5, 0.6) is 0 Å². The van der Waals surface area contributed by atoms with Gasteiger partial charge in [0, 0.05) is 10.9 Å². The van der Waals surface area contributed by atoms with Gasteiger partial charge in [0.15, 0.2) is 0 Å². The number of hydrogen-bond donors (Lipinski definition) is 1. The summed E-state index contributed by atoms with van der Waals surface area (Å²) in [5.41, 5.74) is 1.16. The molecule has 1 heterocycles. The highest BCUT2D eigenvalue weighted by Crippen LogP contribution is 2.23. The Morgan fingerprint density at radius 2 is 1.90 bits per heavy atom. The maximum Gasteiger partial charge on any atom is 0.123 e. The summed E-state index contributed by atoms with van der Waals surface area (Å²) < 4.78 is 13.8. The maximum absolute atomic E-state index is 12.9. The fourth-order valence-corrected chi connectivity index (χ4v) is 3.34. The Bertz CT molecular complexity index is 524. The van der Waals surface area contributed by atoms with Crippen molar-refractivity contribution < 1.29 is 4.39 Å². The molecule has 0 amide bonds. The lowest BCUT2D eigenvalue weighted by atomic mass is 10.0. The van der Waals surface area contributed by atoms with Crippen LogP contribution in [0, 0.1) is 5.82 Å². The first kappa shape index (κ1) is 15.5. The van der Waals surface area contributed by atoms with Crippen molar-refractivity contribution in [2.45, 2.75) is 32.2 Å². The van der Waals surface area contributed by atoms with E-state index in [2.05, 4.69) is 18.3 Å². The first-order valence-corrected chi connectivity index (χ1v) is 8.09. The maximum atomic E-state index is 12.9. The third-order valence-corrected chi connectivity index (χ3v) is 4.41. The number of rotatable bonds is 7. The van der Waals surface area contributed by atoms with Crippen molar-refractivity contribution in [1.82, 2.24) is 5.32 Å².